The number of carboxylic acid groups (broad SMARTS) is 1. The second kappa shape index (κ2) is 5.42. The van der Waals surface area contributed by atoms with Crippen molar-refractivity contribution >= 4 is 5.97 Å². The van der Waals surface area contributed by atoms with E-state index in [1.807, 2.05) is 12.1 Å². The molecule has 0 saturated carbocycles. The van der Waals surface area contributed by atoms with E-state index in [1.54, 1.807) is 25.3 Å². The summed E-state index contributed by atoms with van der Waals surface area (Å²) < 4.78 is 10.6. The molecule has 2 rings (SSSR count). The number of nitrogens with two attached hydrogens (primary N) is 1. The van der Waals surface area contributed by atoms with Crippen molar-refractivity contribution in [2.75, 3.05) is 13.7 Å². The number of hydrogen-bond donors (Lipinski definition) is 2. The maximum atomic E-state index is 11.4. The Kier molecular flexibility index (Phi) is 3.87. The second-order valence-electron chi connectivity index (χ2n) is 4.44. The molecule has 0 aromatic heterocycles. The zero-order valence-electron chi connectivity index (χ0n) is 10.8. The predicted octanol–water partition coefficient (Wildman–Crippen LogP) is 1.11. The van der Waals surface area contributed by atoms with Gasteiger partial charge in [-0.15, -0.1) is 0 Å². The van der Waals surface area contributed by atoms with Crippen LogP contribution in [0, 0.1) is 0 Å². The van der Waals surface area contributed by atoms with Crippen molar-refractivity contribution in [1.29, 1.82) is 0 Å². The van der Waals surface area contributed by atoms with Gasteiger partial charge in [0, 0.05) is 18.5 Å². The smallest absolute Gasteiger partial charge is 0.340 e. The standard InChI is InChI=1S/C14H17NO4/c1-18-12-4-3-10(7-11(12)9-15)8-14(13(16)17)5-2-6-19-14/h2-5,7H,6,8-9,15H2,1H3,(H,16,17). The molecule has 0 radical (unpaired) electrons. The molecule has 0 bridgehead atoms. The van der Waals surface area contributed by atoms with Gasteiger partial charge < -0.3 is 20.3 Å². The van der Waals surface area contributed by atoms with E-state index in [4.69, 9.17) is 15.2 Å². The summed E-state index contributed by atoms with van der Waals surface area (Å²) in [5, 5.41) is 9.33. The summed E-state index contributed by atoms with van der Waals surface area (Å²) in [5.41, 5.74) is 6.10. The van der Waals surface area contributed by atoms with E-state index in [0.717, 1.165) is 11.1 Å². The number of benzene rings is 1. The molecule has 1 heterocycles. The maximum Gasteiger partial charge on any atom is 0.340 e. The van der Waals surface area contributed by atoms with Crippen LogP contribution in [0.2, 0.25) is 0 Å². The number of ether oxygens (including phenoxy) is 2. The van der Waals surface area contributed by atoms with Gasteiger partial charge in [0.05, 0.1) is 13.7 Å². The van der Waals surface area contributed by atoms with Crippen LogP contribution in [0.3, 0.4) is 0 Å². The summed E-state index contributed by atoms with van der Waals surface area (Å²) in [6, 6.07) is 5.49. The molecule has 1 aliphatic heterocycles. The molecule has 1 aliphatic rings. The van der Waals surface area contributed by atoms with Crippen molar-refractivity contribution in [3.8, 4) is 5.75 Å². The van der Waals surface area contributed by atoms with E-state index in [9.17, 15) is 9.90 Å². The first-order chi connectivity index (χ1) is 9.11. The predicted molar refractivity (Wildman–Crippen MR) is 70.0 cm³/mol. The number of methoxy groups -OCH3 is 1. The first-order valence-electron chi connectivity index (χ1n) is 6.02. The van der Waals surface area contributed by atoms with E-state index in [-0.39, 0.29) is 6.42 Å². The zero-order valence-corrected chi connectivity index (χ0v) is 10.8. The van der Waals surface area contributed by atoms with E-state index in [0.29, 0.717) is 18.9 Å². The van der Waals surface area contributed by atoms with Gasteiger partial charge >= 0.3 is 5.97 Å². The Morgan fingerprint density at radius 2 is 2.37 bits per heavy atom. The fourth-order valence-corrected chi connectivity index (χ4v) is 2.21. The lowest BCUT2D eigenvalue weighted by molar-refractivity contribution is -0.156. The summed E-state index contributed by atoms with van der Waals surface area (Å²) in [4.78, 5) is 11.4. The highest BCUT2D eigenvalue weighted by Crippen LogP contribution is 2.27. The van der Waals surface area contributed by atoms with Gasteiger partial charge in [-0.3, -0.25) is 0 Å². The van der Waals surface area contributed by atoms with E-state index < -0.39 is 11.6 Å². The largest absolute Gasteiger partial charge is 0.496 e. The third kappa shape index (κ3) is 2.62. The Morgan fingerprint density at radius 3 is 2.89 bits per heavy atom. The number of carboxylic acids is 1. The number of hydrogen-bond acceptors (Lipinski definition) is 4. The van der Waals surface area contributed by atoms with Crippen molar-refractivity contribution in [3.63, 3.8) is 0 Å². The summed E-state index contributed by atoms with van der Waals surface area (Å²) in [6.45, 7) is 0.667. The van der Waals surface area contributed by atoms with Crippen LogP contribution in [0.4, 0.5) is 0 Å². The number of rotatable bonds is 5. The van der Waals surface area contributed by atoms with E-state index >= 15 is 0 Å². The van der Waals surface area contributed by atoms with Crippen molar-refractivity contribution in [1.82, 2.24) is 0 Å². The topological polar surface area (TPSA) is 81.8 Å². The fourth-order valence-electron chi connectivity index (χ4n) is 2.21. The molecule has 1 atom stereocenters. The van der Waals surface area contributed by atoms with Gasteiger partial charge in [0.1, 0.15) is 5.75 Å². The Bertz CT molecular complexity index is 512. The minimum Gasteiger partial charge on any atom is -0.496 e. The Balaban J connectivity index is 2.28. The monoisotopic (exact) mass is 263 g/mol. The van der Waals surface area contributed by atoms with Crippen molar-refractivity contribution in [2.24, 2.45) is 5.73 Å². The molecular weight excluding hydrogens is 246 g/mol. The summed E-state index contributed by atoms with van der Waals surface area (Å²) in [6.07, 6.45) is 3.60. The molecule has 102 valence electrons. The molecule has 3 N–H and O–H groups in total. The lowest BCUT2D eigenvalue weighted by atomic mass is 9.93. The Morgan fingerprint density at radius 1 is 1.58 bits per heavy atom. The molecule has 1 aromatic rings. The van der Waals surface area contributed by atoms with Crippen LogP contribution in [0.1, 0.15) is 11.1 Å². The van der Waals surface area contributed by atoms with Gasteiger partial charge in [-0.1, -0.05) is 18.2 Å². The average Bonchev–Trinajstić information content (AvgIpc) is 2.88. The summed E-state index contributed by atoms with van der Waals surface area (Å²) in [7, 11) is 1.58. The van der Waals surface area contributed by atoms with E-state index in [1.165, 1.54) is 0 Å². The molecule has 0 saturated heterocycles. The Hall–Kier alpha value is -1.85. The van der Waals surface area contributed by atoms with Crippen molar-refractivity contribution in [3.05, 3.63) is 41.5 Å². The van der Waals surface area contributed by atoms with Gasteiger partial charge in [0.15, 0.2) is 5.60 Å². The normalized spacial score (nSPS) is 21.6. The molecule has 5 nitrogen and oxygen atoms in total. The third-order valence-corrected chi connectivity index (χ3v) is 3.22. The van der Waals surface area contributed by atoms with Crippen LogP contribution in [0.25, 0.3) is 0 Å². The minimum absolute atomic E-state index is 0.274. The van der Waals surface area contributed by atoms with Gasteiger partial charge in [0.25, 0.3) is 0 Å². The quantitative estimate of drug-likeness (QED) is 0.778. The first-order valence-corrected chi connectivity index (χ1v) is 6.02. The van der Waals surface area contributed by atoms with Crippen LogP contribution in [0.15, 0.2) is 30.4 Å². The molecule has 0 aliphatic carbocycles. The van der Waals surface area contributed by atoms with Gasteiger partial charge in [-0.05, 0) is 17.7 Å². The minimum atomic E-state index is -1.26. The van der Waals surface area contributed by atoms with Crippen LogP contribution >= 0.6 is 0 Å². The average molecular weight is 263 g/mol. The summed E-state index contributed by atoms with van der Waals surface area (Å²) in [5.74, 6) is -0.273. The van der Waals surface area contributed by atoms with Crippen LogP contribution in [0.5, 0.6) is 5.75 Å². The zero-order chi connectivity index (χ0) is 13.9. The van der Waals surface area contributed by atoms with Crippen LogP contribution in [-0.4, -0.2) is 30.4 Å². The molecule has 1 aromatic carbocycles. The molecule has 19 heavy (non-hydrogen) atoms. The lowest BCUT2D eigenvalue weighted by Gasteiger charge is -2.22. The van der Waals surface area contributed by atoms with Gasteiger partial charge in [-0.25, -0.2) is 4.79 Å². The molecule has 0 spiro atoms. The molecule has 1 unspecified atom stereocenters. The van der Waals surface area contributed by atoms with Crippen molar-refractivity contribution in [2.45, 2.75) is 18.6 Å². The number of aliphatic carboxylic acids is 1. The number of carbonyl (C=O) groups is 1. The third-order valence-electron chi connectivity index (χ3n) is 3.22. The van der Waals surface area contributed by atoms with Gasteiger partial charge in [0.2, 0.25) is 0 Å². The molecular formula is C14H17NO4. The van der Waals surface area contributed by atoms with Crippen LogP contribution < -0.4 is 10.5 Å². The first kappa shape index (κ1) is 13.6. The SMILES string of the molecule is COc1ccc(CC2(C(=O)O)C=CCO2)cc1CN. The van der Waals surface area contributed by atoms with E-state index in [2.05, 4.69) is 0 Å². The highest BCUT2D eigenvalue weighted by atomic mass is 16.5. The molecule has 0 fully saturated rings. The van der Waals surface area contributed by atoms with Gasteiger partial charge in [-0.2, -0.15) is 0 Å². The Labute approximate surface area is 111 Å². The second-order valence-corrected chi connectivity index (χ2v) is 4.44. The maximum absolute atomic E-state index is 11.4. The van der Waals surface area contributed by atoms with Crippen molar-refractivity contribution < 1.29 is 19.4 Å². The highest BCUT2D eigenvalue weighted by Gasteiger charge is 2.39. The molecule has 5 heteroatoms. The fraction of sp³-hybridized carbons (Fsp3) is 0.357. The van der Waals surface area contributed by atoms with Crippen LogP contribution in [-0.2, 0) is 22.5 Å². The lowest BCUT2D eigenvalue weighted by Crippen LogP contribution is -2.39. The molecule has 0 amide bonds. The highest BCUT2D eigenvalue weighted by molar-refractivity contribution is 5.81. The summed E-state index contributed by atoms with van der Waals surface area (Å²) >= 11 is 0.